The van der Waals surface area contributed by atoms with Crippen LogP contribution in [0.3, 0.4) is 0 Å². The Morgan fingerprint density at radius 2 is 1.05 bits per heavy atom. The van der Waals surface area contributed by atoms with Crippen LogP contribution in [0.4, 0.5) is 0 Å². The number of carbonyl (C=O) groups is 7. The van der Waals surface area contributed by atoms with Crippen LogP contribution in [0.25, 0.3) is 21.8 Å². The molecule has 0 radical (unpaired) electrons. The molecule has 3 aromatic carbocycles. The lowest BCUT2D eigenvalue weighted by molar-refractivity contribution is -0.142. The van der Waals surface area contributed by atoms with Crippen molar-refractivity contribution in [2.75, 3.05) is 19.6 Å². The van der Waals surface area contributed by atoms with Gasteiger partial charge in [0.2, 0.25) is 41.4 Å². The summed E-state index contributed by atoms with van der Waals surface area (Å²) in [6.45, 7) is 3.17. The predicted octanol–water partition coefficient (Wildman–Crippen LogP) is 5.76. The maximum absolute atomic E-state index is 15.0. The molecule has 0 unspecified atom stereocenters. The van der Waals surface area contributed by atoms with Crippen molar-refractivity contribution in [3.05, 3.63) is 108 Å². The number of carbonyl (C=O) groups excluding carboxylic acids is 7. The SMILES string of the molecule is CCCCCCCCCCCC(=O)N[C@H](CCCCN)C(=O)N[C@H](Cc1ccccc1)C(=O)N[C@H](CCCCN)C(=O)N[C@H](Cc1c[nH]c2ccccc12)C(=O)N1CCC[C@@H]1C(=O)N[C@H](Cc1c[nH]c2ccccc12)C(N)=O. The zero-order valence-corrected chi connectivity index (χ0v) is 45.6. The van der Waals surface area contributed by atoms with E-state index in [2.05, 4.69) is 43.5 Å². The number of benzene rings is 3. The van der Waals surface area contributed by atoms with Crippen LogP contribution in [0.5, 0.6) is 0 Å². The number of H-pyrrole nitrogens is 2. The van der Waals surface area contributed by atoms with Gasteiger partial charge in [0.25, 0.3) is 0 Å². The van der Waals surface area contributed by atoms with Crippen LogP contribution in [0.1, 0.15) is 139 Å². The molecule has 6 atom stereocenters. The van der Waals surface area contributed by atoms with E-state index in [1.165, 1.54) is 37.0 Å². The molecule has 18 heteroatoms. The summed E-state index contributed by atoms with van der Waals surface area (Å²) >= 11 is 0. The monoisotopic (exact) mass is 1070 g/mol. The van der Waals surface area contributed by atoms with Crippen molar-refractivity contribution < 1.29 is 33.6 Å². The van der Waals surface area contributed by atoms with Gasteiger partial charge in [-0.1, -0.05) is 125 Å². The number of aromatic nitrogens is 2. The van der Waals surface area contributed by atoms with Gasteiger partial charge in [0, 0.05) is 66.4 Å². The minimum Gasteiger partial charge on any atom is -0.368 e. The van der Waals surface area contributed by atoms with Gasteiger partial charge in [-0.2, -0.15) is 0 Å². The Labute approximate surface area is 459 Å². The largest absolute Gasteiger partial charge is 0.368 e. The van der Waals surface area contributed by atoms with E-state index in [9.17, 15) is 28.8 Å². The Morgan fingerprint density at radius 1 is 0.551 bits per heavy atom. The number of likely N-dealkylation sites (tertiary alicyclic amines) is 1. The minimum absolute atomic E-state index is 0.0381. The second-order valence-electron chi connectivity index (χ2n) is 20.9. The molecule has 1 saturated heterocycles. The summed E-state index contributed by atoms with van der Waals surface area (Å²) in [7, 11) is 0. The van der Waals surface area contributed by atoms with Gasteiger partial charge < -0.3 is 58.7 Å². The summed E-state index contributed by atoms with van der Waals surface area (Å²) in [5.74, 6) is -3.81. The van der Waals surface area contributed by atoms with E-state index < -0.39 is 71.7 Å². The lowest BCUT2D eigenvalue weighted by atomic mass is 10.0. The van der Waals surface area contributed by atoms with Crippen molar-refractivity contribution in [3.8, 4) is 0 Å². The van der Waals surface area contributed by atoms with Gasteiger partial charge in [-0.25, -0.2) is 0 Å². The van der Waals surface area contributed by atoms with Crippen LogP contribution in [0, 0.1) is 0 Å². The Balaban J connectivity index is 1.19. The average Bonchev–Trinajstić information content (AvgIpc) is 4.22. The van der Waals surface area contributed by atoms with Crippen LogP contribution in [-0.2, 0) is 52.8 Å². The van der Waals surface area contributed by atoms with Crippen molar-refractivity contribution in [1.82, 2.24) is 41.5 Å². The van der Waals surface area contributed by atoms with Gasteiger partial charge in [-0.05, 0) is 99.7 Å². The standard InChI is InChI=1S/C60H85N11O7/c1-2-3-4-5-6-7-8-9-13-32-54(72)66-48(29-18-20-33-61)56(74)69-51(36-41-23-11-10-12-24-41)58(76)67-49(30-19-21-34-62)57(75)70-52(38-43-40-65-47-28-17-15-26-45(43)47)60(78)71-35-22-31-53(71)59(77)68-50(55(63)73)37-42-39-64-46-27-16-14-25-44(42)46/h10-12,14-17,23-28,39-40,48-53,64-65H,2-9,13,18-22,29-38,61-62H2,1H3,(H2,63,73)(H,66,72)(H,67,76)(H,68,77)(H,69,74)(H,70,75)/t48-,49-,50-,51-,52-,53-/m1/s1. The highest BCUT2D eigenvalue weighted by atomic mass is 16.2. The van der Waals surface area contributed by atoms with Crippen LogP contribution in [0.2, 0.25) is 0 Å². The predicted molar refractivity (Wildman–Crippen MR) is 305 cm³/mol. The highest BCUT2D eigenvalue weighted by molar-refractivity contribution is 5.98. The number of hydrogen-bond acceptors (Lipinski definition) is 9. The van der Waals surface area contributed by atoms with E-state index in [0.717, 1.165) is 57.8 Å². The summed E-state index contributed by atoms with van der Waals surface area (Å²) in [5.41, 5.74) is 21.6. The van der Waals surface area contributed by atoms with E-state index >= 15 is 4.79 Å². The molecule has 6 rings (SSSR count). The maximum Gasteiger partial charge on any atom is 0.246 e. The third kappa shape index (κ3) is 18.3. The van der Waals surface area contributed by atoms with Gasteiger partial charge in [-0.15, -0.1) is 0 Å². The molecule has 5 aromatic rings. The smallest absolute Gasteiger partial charge is 0.246 e. The molecular formula is C60H85N11O7. The van der Waals surface area contributed by atoms with Crippen LogP contribution in [0.15, 0.2) is 91.3 Å². The fourth-order valence-corrected chi connectivity index (χ4v) is 10.5. The first-order chi connectivity index (χ1) is 37.9. The number of amides is 7. The third-order valence-corrected chi connectivity index (χ3v) is 14.9. The molecule has 0 saturated carbocycles. The molecule has 1 aliphatic heterocycles. The number of unbranched alkanes of at least 4 members (excludes halogenated alkanes) is 10. The molecule has 0 spiro atoms. The lowest BCUT2D eigenvalue weighted by Gasteiger charge is -2.31. The summed E-state index contributed by atoms with van der Waals surface area (Å²) in [6, 6.07) is 17.9. The normalized spacial score (nSPS) is 15.3. The minimum atomic E-state index is -1.20. The first-order valence-electron chi connectivity index (χ1n) is 28.5. The highest BCUT2D eigenvalue weighted by Gasteiger charge is 2.40. The van der Waals surface area contributed by atoms with E-state index in [1.54, 1.807) is 12.4 Å². The number of nitrogens with one attached hydrogen (secondary N) is 7. The van der Waals surface area contributed by atoms with Crippen molar-refractivity contribution in [2.24, 2.45) is 17.2 Å². The third-order valence-electron chi connectivity index (χ3n) is 14.9. The molecule has 2 aromatic heterocycles. The summed E-state index contributed by atoms with van der Waals surface area (Å²) in [6.07, 6.45) is 17.5. The second-order valence-corrected chi connectivity index (χ2v) is 20.9. The number of hydrogen-bond donors (Lipinski definition) is 10. The number of rotatable bonds is 35. The van der Waals surface area contributed by atoms with Gasteiger partial charge in [0.1, 0.15) is 36.3 Å². The Morgan fingerprint density at radius 3 is 1.63 bits per heavy atom. The first kappa shape index (κ1) is 60.2. The molecule has 3 heterocycles. The zero-order chi connectivity index (χ0) is 55.7. The van der Waals surface area contributed by atoms with Crippen molar-refractivity contribution in [3.63, 3.8) is 0 Å². The zero-order valence-electron chi connectivity index (χ0n) is 45.6. The summed E-state index contributed by atoms with van der Waals surface area (Å²) < 4.78 is 0. The van der Waals surface area contributed by atoms with Crippen LogP contribution in [-0.4, -0.2) is 112 Å². The summed E-state index contributed by atoms with van der Waals surface area (Å²) in [4.78, 5) is 107. The molecule has 18 nitrogen and oxygen atoms in total. The summed E-state index contributed by atoms with van der Waals surface area (Å²) in [5, 5.41) is 16.4. The lowest BCUT2D eigenvalue weighted by Crippen LogP contribution is -2.60. The number of primary amides is 1. The van der Waals surface area contributed by atoms with Gasteiger partial charge in [0.05, 0.1) is 0 Å². The van der Waals surface area contributed by atoms with Crippen molar-refractivity contribution >= 4 is 63.2 Å². The molecule has 422 valence electrons. The Kier molecular flexibility index (Phi) is 24.7. The first-order valence-corrected chi connectivity index (χ1v) is 28.5. The molecule has 13 N–H and O–H groups in total. The van der Waals surface area contributed by atoms with E-state index in [0.29, 0.717) is 64.5 Å². The van der Waals surface area contributed by atoms with Crippen molar-refractivity contribution in [1.29, 1.82) is 0 Å². The van der Waals surface area contributed by atoms with E-state index in [-0.39, 0.29) is 44.6 Å². The van der Waals surface area contributed by atoms with Crippen molar-refractivity contribution in [2.45, 2.75) is 178 Å². The maximum atomic E-state index is 15.0. The van der Waals surface area contributed by atoms with Crippen LogP contribution < -0.4 is 43.8 Å². The fraction of sp³-hybridized carbons (Fsp3) is 0.517. The topological polar surface area (TPSA) is 293 Å². The number of nitrogens with zero attached hydrogens (tertiary/aromatic N) is 1. The molecule has 1 aliphatic rings. The Bertz CT molecular complexity index is 2710. The van der Waals surface area contributed by atoms with Gasteiger partial charge in [0.15, 0.2) is 0 Å². The quantitative estimate of drug-likeness (QED) is 0.0221. The molecule has 0 aliphatic carbocycles. The average molecular weight is 1070 g/mol. The van der Waals surface area contributed by atoms with E-state index in [1.807, 2.05) is 78.9 Å². The van der Waals surface area contributed by atoms with E-state index in [4.69, 9.17) is 17.2 Å². The second kappa shape index (κ2) is 32.0. The molecule has 7 amide bonds. The number of aromatic amines is 2. The Hall–Kier alpha value is -7.05. The molecular weight excluding hydrogens is 987 g/mol. The molecule has 78 heavy (non-hydrogen) atoms. The number of para-hydroxylation sites is 2. The molecule has 0 bridgehead atoms. The highest BCUT2D eigenvalue weighted by Crippen LogP contribution is 2.25. The number of nitrogens with two attached hydrogens (primary N) is 3. The fourth-order valence-electron chi connectivity index (χ4n) is 10.5. The van der Waals surface area contributed by atoms with Crippen LogP contribution >= 0.6 is 0 Å². The molecule has 1 fully saturated rings. The van der Waals surface area contributed by atoms with Gasteiger partial charge >= 0.3 is 0 Å². The number of fused-ring (bicyclic) bond motifs is 2. The van der Waals surface area contributed by atoms with Gasteiger partial charge in [-0.3, -0.25) is 33.6 Å².